The molecule has 3 rings (SSSR count). The van der Waals surface area contributed by atoms with E-state index in [-0.39, 0.29) is 17.8 Å². The molecule has 2 heterocycles. The highest BCUT2D eigenvalue weighted by Gasteiger charge is 2.21. The van der Waals surface area contributed by atoms with E-state index in [1.807, 2.05) is 6.07 Å². The van der Waals surface area contributed by atoms with Crippen molar-refractivity contribution < 1.29 is 9.53 Å². The number of amides is 1. The zero-order chi connectivity index (χ0) is 17.6. The molecular formula is C18H24N4O2S. The van der Waals surface area contributed by atoms with Crippen LogP contribution in [0, 0.1) is 0 Å². The van der Waals surface area contributed by atoms with Crippen LogP contribution in [-0.4, -0.2) is 33.4 Å². The topological polar surface area (TPSA) is 79.9 Å². The number of anilines is 1. The second-order valence-corrected chi connectivity index (χ2v) is 6.94. The van der Waals surface area contributed by atoms with Crippen LogP contribution in [0.4, 0.5) is 5.69 Å². The van der Waals surface area contributed by atoms with Gasteiger partial charge in [0.1, 0.15) is 6.10 Å². The molecule has 1 amide bonds. The van der Waals surface area contributed by atoms with Crippen LogP contribution in [0.25, 0.3) is 0 Å². The Balaban J connectivity index is 1.58. The Morgan fingerprint density at radius 2 is 2.12 bits per heavy atom. The van der Waals surface area contributed by atoms with E-state index in [2.05, 4.69) is 46.5 Å². The van der Waals surface area contributed by atoms with Crippen molar-refractivity contribution in [2.45, 2.75) is 50.8 Å². The number of nitrogens with one attached hydrogen (secondary N) is 2. The van der Waals surface area contributed by atoms with Crippen molar-refractivity contribution in [1.82, 2.24) is 15.2 Å². The van der Waals surface area contributed by atoms with Crippen molar-refractivity contribution in [3.8, 4) is 0 Å². The van der Waals surface area contributed by atoms with Gasteiger partial charge >= 0.3 is 0 Å². The van der Waals surface area contributed by atoms with Crippen molar-refractivity contribution in [1.29, 1.82) is 0 Å². The molecule has 1 aliphatic rings. The number of carbonyl (C=O) groups excluding carboxylic acids is 1. The maximum Gasteiger partial charge on any atom is 0.234 e. The van der Waals surface area contributed by atoms with Gasteiger partial charge in [-0.15, -0.1) is 5.10 Å². The Labute approximate surface area is 152 Å². The van der Waals surface area contributed by atoms with E-state index in [0.29, 0.717) is 5.16 Å². The standard InChI is InChI=1S/C18H24N4O2S/c1-3-12-7-5-8-13(4-2)16(12)19-15(23)11-25-18-20-17(21-22-18)14-9-6-10-24-14/h5,7-8,14H,3-4,6,9-11H2,1-2H3,(H,19,23)(H,20,21,22)/t14-/m0/s1. The molecule has 25 heavy (non-hydrogen) atoms. The van der Waals surface area contributed by atoms with Gasteiger partial charge < -0.3 is 10.1 Å². The predicted molar refractivity (Wildman–Crippen MR) is 98.9 cm³/mol. The number of H-pyrrole nitrogens is 1. The molecule has 0 radical (unpaired) electrons. The summed E-state index contributed by atoms with van der Waals surface area (Å²) in [4.78, 5) is 16.8. The van der Waals surface area contributed by atoms with Crippen molar-refractivity contribution >= 4 is 23.4 Å². The summed E-state index contributed by atoms with van der Waals surface area (Å²) in [6.45, 7) is 4.96. The van der Waals surface area contributed by atoms with Crippen LogP contribution in [0.15, 0.2) is 23.4 Å². The summed E-state index contributed by atoms with van der Waals surface area (Å²) in [5.41, 5.74) is 3.28. The summed E-state index contributed by atoms with van der Waals surface area (Å²) < 4.78 is 5.59. The first-order chi connectivity index (χ1) is 12.2. The first-order valence-corrected chi connectivity index (χ1v) is 9.77. The molecule has 0 bridgehead atoms. The predicted octanol–water partition coefficient (Wildman–Crippen LogP) is 3.51. The molecule has 0 saturated carbocycles. The molecule has 1 aromatic heterocycles. The maximum atomic E-state index is 12.4. The van der Waals surface area contributed by atoms with Gasteiger partial charge in [-0.3, -0.25) is 9.89 Å². The molecule has 134 valence electrons. The van der Waals surface area contributed by atoms with Crippen LogP contribution in [0.2, 0.25) is 0 Å². The summed E-state index contributed by atoms with van der Waals surface area (Å²) in [7, 11) is 0. The second-order valence-electron chi connectivity index (χ2n) is 6.00. The third-order valence-corrected chi connectivity index (χ3v) is 5.16. The van der Waals surface area contributed by atoms with E-state index < -0.39 is 0 Å². The Morgan fingerprint density at radius 3 is 2.76 bits per heavy atom. The van der Waals surface area contributed by atoms with Gasteiger partial charge in [0.05, 0.1) is 5.75 Å². The monoisotopic (exact) mass is 360 g/mol. The molecule has 0 unspecified atom stereocenters. The van der Waals surface area contributed by atoms with Gasteiger partial charge in [-0.05, 0) is 36.8 Å². The molecule has 6 nitrogen and oxygen atoms in total. The highest BCUT2D eigenvalue weighted by atomic mass is 32.2. The minimum absolute atomic E-state index is 0.0132. The lowest BCUT2D eigenvalue weighted by Gasteiger charge is -2.14. The zero-order valence-electron chi connectivity index (χ0n) is 14.7. The van der Waals surface area contributed by atoms with Crippen LogP contribution in [-0.2, 0) is 22.4 Å². The van der Waals surface area contributed by atoms with Crippen LogP contribution in [0.3, 0.4) is 0 Å². The van der Waals surface area contributed by atoms with Gasteiger partial charge in [0.15, 0.2) is 5.82 Å². The molecule has 7 heteroatoms. The summed E-state index contributed by atoms with van der Waals surface area (Å²) >= 11 is 1.33. The van der Waals surface area contributed by atoms with Gasteiger partial charge in [-0.1, -0.05) is 43.8 Å². The van der Waals surface area contributed by atoms with Crippen molar-refractivity contribution in [2.75, 3.05) is 17.7 Å². The SMILES string of the molecule is CCc1cccc(CC)c1NC(=O)CSc1n[nH]c([C@@H]2CCCO2)n1. The van der Waals surface area contributed by atoms with E-state index in [4.69, 9.17) is 4.74 Å². The highest BCUT2D eigenvalue weighted by molar-refractivity contribution is 7.99. The largest absolute Gasteiger partial charge is 0.370 e. The second kappa shape index (κ2) is 8.49. The number of thioether (sulfide) groups is 1. The molecule has 1 aliphatic heterocycles. The summed E-state index contributed by atoms with van der Waals surface area (Å²) in [6, 6.07) is 6.17. The normalized spacial score (nSPS) is 17.0. The fourth-order valence-electron chi connectivity index (χ4n) is 2.97. The Morgan fingerprint density at radius 1 is 1.36 bits per heavy atom. The number of aromatic amines is 1. The minimum Gasteiger partial charge on any atom is -0.370 e. The van der Waals surface area contributed by atoms with E-state index in [9.17, 15) is 4.79 Å². The fraction of sp³-hybridized carbons (Fsp3) is 0.500. The zero-order valence-corrected chi connectivity index (χ0v) is 15.5. The minimum atomic E-state index is -0.0379. The van der Waals surface area contributed by atoms with Gasteiger partial charge in [0.25, 0.3) is 0 Å². The van der Waals surface area contributed by atoms with Crippen LogP contribution >= 0.6 is 11.8 Å². The quantitative estimate of drug-likeness (QED) is 0.739. The van der Waals surface area contributed by atoms with Gasteiger partial charge in [-0.25, -0.2) is 4.98 Å². The summed E-state index contributed by atoms with van der Waals surface area (Å²) in [5.74, 6) is 0.998. The number of aryl methyl sites for hydroxylation is 2. The van der Waals surface area contributed by atoms with E-state index in [1.54, 1.807) is 0 Å². The highest BCUT2D eigenvalue weighted by Crippen LogP contribution is 2.27. The van der Waals surface area contributed by atoms with Crippen molar-refractivity contribution in [3.63, 3.8) is 0 Å². The van der Waals surface area contributed by atoms with E-state index in [0.717, 1.165) is 54.9 Å². The molecule has 0 aliphatic carbocycles. The van der Waals surface area contributed by atoms with E-state index >= 15 is 0 Å². The number of rotatable bonds is 7. The van der Waals surface area contributed by atoms with Gasteiger partial charge in [-0.2, -0.15) is 0 Å². The number of para-hydroxylation sites is 1. The average molecular weight is 360 g/mol. The number of aromatic nitrogens is 3. The number of hydrogen-bond acceptors (Lipinski definition) is 5. The molecule has 1 saturated heterocycles. The van der Waals surface area contributed by atoms with E-state index in [1.165, 1.54) is 11.8 Å². The molecule has 0 spiro atoms. The van der Waals surface area contributed by atoms with Gasteiger partial charge in [0, 0.05) is 12.3 Å². The number of benzene rings is 1. The maximum absolute atomic E-state index is 12.4. The lowest BCUT2D eigenvalue weighted by atomic mass is 10.0. The van der Waals surface area contributed by atoms with Gasteiger partial charge in [0.2, 0.25) is 11.1 Å². The first kappa shape index (κ1) is 17.9. The summed E-state index contributed by atoms with van der Waals surface area (Å²) in [6.07, 6.45) is 3.81. The Hall–Kier alpha value is -1.86. The molecule has 1 atom stereocenters. The Kier molecular flexibility index (Phi) is 6.09. The van der Waals surface area contributed by atoms with Crippen LogP contribution in [0.1, 0.15) is 49.7 Å². The lowest BCUT2D eigenvalue weighted by molar-refractivity contribution is -0.113. The van der Waals surface area contributed by atoms with Crippen molar-refractivity contribution in [2.24, 2.45) is 0 Å². The summed E-state index contributed by atoms with van der Waals surface area (Å²) in [5, 5.41) is 10.7. The molecular weight excluding hydrogens is 336 g/mol. The molecule has 2 N–H and O–H groups in total. The number of nitrogens with zero attached hydrogens (tertiary/aromatic N) is 2. The molecule has 1 aromatic carbocycles. The number of hydrogen-bond donors (Lipinski definition) is 2. The third-order valence-electron chi connectivity index (χ3n) is 4.31. The first-order valence-electron chi connectivity index (χ1n) is 8.78. The Bertz CT molecular complexity index is 703. The number of carbonyl (C=O) groups is 1. The number of ether oxygens (including phenoxy) is 1. The van der Waals surface area contributed by atoms with Crippen molar-refractivity contribution in [3.05, 3.63) is 35.2 Å². The fourth-order valence-corrected chi connectivity index (χ4v) is 3.57. The van der Waals surface area contributed by atoms with Crippen LogP contribution in [0.5, 0.6) is 0 Å². The van der Waals surface area contributed by atoms with Crippen LogP contribution < -0.4 is 5.32 Å². The third kappa shape index (κ3) is 4.41. The smallest absolute Gasteiger partial charge is 0.234 e. The average Bonchev–Trinajstić information content (AvgIpc) is 3.31. The lowest BCUT2D eigenvalue weighted by Crippen LogP contribution is -2.16. The molecule has 2 aromatic rings. The molecule has 1 fully saturated rings.